The number of anilines is 1. The van der Waals surface area contributed by atoms with Crippen LogP contribution in [0.15, 0.2) is 30.3 Å². The maximum absolute atomic E-state index is 11.9. The predicted octanol–water partition coefficient (Wildman–Crippen LogP) is 1.24. The molecule has 2 aromatic rings. The summed E-state index contributed by atoms with van der Waals surface area (Å²) < 4.78 is 6.66. The van der Waals surface area contributed by atoms with E-state index in [-0.39, 0.29) is 18.4 Å². The number of ether oxygens (including phenoxy) is 1. The highest BCUT2D eigenvalue weighted by molar-refractivity contribution is 5.98. The third-order valence-corrected chi connectivity index (χ3v) is 3.28. The SMILES string of the molecule is COCc1cccc(NC(=O)CNC(=O)c2cc(C)n(C)n2)c1. The highest BCUT2D eigenvalue weighted by Crippen LogP contribution is 2.11. The summed E-state index contributed by atoms with van der Waals surface area (Å²) in [7, 11) is 3.37. The molecule has 0 radical (unpaired) electrons. The van der Waals surface area contributed by atoms with E-state index in [0.29, 0.717) is 18.0 Å². The Bertz CT molecular complexity index is 690. The normalized spacial score (nSPS) is 10.4. The molecule has 0 saturated heterocycles. The van der Waals surface area contributed by atoms with E-state index in [9.17, 15) is 9.59 Å². The first-order valence-corrected chi connectivity index (χ1v) is 7.16. The minimum atomic E-state index is -0.378. The lowest BCUT2D eigenvalue weighted by molar-refractivity contribution is -0.115. The Kier molecular flexibility index (Phi) is 5.48. The quantitative estimate of drug-likeness (QED) is 0.840. The smallest absolute Gasteiger partial charge is 0.272 e. The van der Waals surface area contributed by atoms with Crippen molar-refractivity contribution in [3.63, 3.8) is 0 Å². The summed E-state index contributed by atoms with van der Waals surface area (Å²) in [4.78, 5) is 23.8. The number of hydrogen-bond acceptors (Lipinski definition) is 4. The molecule has 0 aliphatic heterocycles. The zero-order valence-electron chi connectivity index (χ0n) is 13.4. The molecule has 0 fully saturated rings. The first kappa shape index (κ1) is 16.7. The molecule has 7 nitrogen and oxygen atoms in total. The number of hydrogen-bond donors (Lipinski definition) is 2. The Labute approximate surface area is 134 Å². The highest BCUT2D eigenvalue weighted by atomic mass is 16.5. The molecule has 0 bridgehead atoms. The van der Waals surface area contributed by atoms with E-state index in [0.717, 1.165) is 11.3 Å². The summed E-state index contributed by atoms with van der Waals surface area (Å²) >= 11 is 0. The molecule has 2 rings (SSSR count). The number of nitrogens with one attached hydrogen (secondary N) is 2. The average molecular weight is 316 g/mol. The molecule has 122 valence electrons. The van der Waals surface area contributed by atoms with Gasteiger partial charge in [-0.2, -0.15) is 5.10 Å². The van der Waals surface area contributed by atoms with E-state index in [1.807, 2.05) is 25.1 Å². The highest BCUT2D eigenvalue weighted by Gasteiger charge is 2.12. The third kappa shape index (κ3) is 4.65. The third-order valence-electron chi connectivity index (χ3n) is 3.28. The van der Waals surface area contributed by atoms with Crippen LogP contribution in [-0.2, 0) is 23.2 Å². The minimum absolute atomic E-state index is 0.122. The van der Waals surface area contributed by atoms with Crippen molar-refractivity contribution in [2.75, 3.05) is 19.0 Å². The molecular formula is C16H20N4O3. The van der Waals surface area contributed by atoms with E-state index in [1.54, 1.807) is 31.0 Å². The van der Waals surface area contributed by atoms with Crippen molar-refractivity contribution in [1.82, 2.24) is 15.1 Å². The fourth-order valence-electron chi connectivity index (χ4n) is 2.03. The molecular weight excluding hydrogens is 296 g/mol. The van der Waals surface area contributed by atoms with Crippen LogP contribution in [0.2, 0.25) is 0 Å². The van der Waals surface area contributed by atoms with Crippen LogP contribution in [0.25, 0.3) is 0 Å². The van der Waals surface area contributed by atoms with Gasteiger partial charge in [-0.15, -0.1) is 0 Å². The van der Waals surface area contributed by atoms with Gasteiger partial charge in [0.1, 0.15) is 5.69 Å². The zero-order valence-corrected chi connectivity index (χ0v) is 13.4. The van der Waals surface area contributed by atoms with Gasteiger partial charge in [-0.3, -0.25) is 14.3 Å². The predicted molar refractivity (Wildman–Crippen MR) is 86.1 cm³/mol. The second-order valence-corrected chi connectivity index (χ2v) is 5.16. The molecule has 7 heteroatoms. The van der Waals surface area contributed by atoms with Gasteiger partial charge in [-0.25, -0.2) is 0 Å². The number of carbonyl (C=O) groups is 2. The van der Waals surface area contributed by atoms with Crippen molar-refractivity contribution < 1.29 is 14.3 Å². The molecule has 0 aliphatic carbocycles. The van der Waals surface area contributed by atoms with Crippen LogP contribution in [0.4, 0.5) is 5.69 Å². The van der Waals surface area contributed by atoms with Gasteiger partial charge in [0.15, 0.2) is 0 Å². The van der Waals surface area contributed by atoms with Crippen molar-refractivity contribution in [1.29, 1.82) is 0 Å². The lowest BCUT2D eigenvalue weighted by atomic mass is 10.2. The lowest BCUT2D eigenvalue weighted by Gasteiger charge is -2.07. The monoisotopic (exact) mass is 316 g/mol. The Morgan fingerprint density at radius 1 is 1.30 bits per heavy atom. The van der Waals surface area contributed by atoms with E-state index >= 15 is 0 Å². The summed E-state index contributed by atoms with van der Waals surface area (Å²) in [5.74, 6) is -0.683. The second-order valence-electron chi connectivity index (χ2n) is 5.16. The maximum Gasteiger partial charge on any atom is 0.272 e. The molecule has 0 atom stereocenters. The molecule has 23 heavy (non-hydrogen) atoms. The van der Waals surface area contributed by atoms with Crippen LogP contribution >= 0.6 is 0 Å². The standard InChI is InChI=1S/C16H20N4O3/c1-11-7-14(19-20(11)2)16(22)17-9-15(21)18-13-6-4-5-12(8-13)10-23-3/h4-8H,9-10H2,1-3H3,(H,17,22)(H,18,21). The molecule has 2 amide bonds. The van der Waals surface area contributed by atoms with Gasteiger partial charge < -0.3 is 15.4 Å². The van der Waals surface area contributed by atoms with Crippen LogP contribution in [0.1, 0.15) is 21.7 Å². The van der Waals surface area contributed by atoms with Crippen molar-refractivity contribution >= 4 is 17.5 Å². The van der Waals surface area contributed by atoms with E-state index in [2.05, 4.69) is 15.7 Å². The summed E-state index contributed by atoms with van der Waals surface area (Å²) in [6, 6.07) is 9.01. The average Bonchev–Trinajstić information content (AvgIpc) is 2.85. The van der Waals surface area contributed by atoms with Crippen LogP contribution in [0, 0.1) is 6.92 Å². The molecule has 1 heterocycles. The van der Waals surface area contributed by atoms with E-state index in [1.165, 1.54) is 0 Å². The van der Waals surface area contributed by atoms with Crippen LogP contribution in [0.3, 0.4) is 0 Å². The van der Waals surface area contributed by atoms with Gasteiger partial charge in [-0.05, 0) is 30.7 Å². The number of aromatic nitrogens is 2. The number of carbonyl (C=O) groups excluding carboxylic acids is 2. The van der Waals surface area contributed by atoms with Crippen molar-refractivity contribution in [2.45, 2.75) is 13.5 Å². The van der Waals surface area contributed by atoms with Gasteiger partial charge in [0.25, 0.3) is 5.91 Å². The molecule has 0 saturated carbocycles. The molecule has 1 aromatic heterocycles. The van der Waals surface area contributed by atoms with Crippen LogP contribution in [-0.4, -0.2) is 35.2 Å². The Hall–Kier alpha value is -2.67. The van der Waals surface area contributed by atoms with Gasteiger partial charge in [0, 0.05) is 25.5 Å². The maximum atomic E-state index is 11.9. The van der Waals surface area contributed by atoms with Crippen molar-refractivity contribution in [2.24, 2.45) is 7.05 Å². The van der Waals surface area contributed by atoms with Gasteiger partial charge in [-0.1, -0.05) is 12.1 Å². The van der Waals surface area contributed by atoms with Crippen molar-refractivity contribution in [3.05, 3.63) is 47.3 Å². The van der Waals surface area contributed by atoms with Gasteiger partial charge >= 0.3 is 0 Å². The number of methoxy groups -OCH3 is 1. The number of amides is 2. The molecule has 2 N–H and O–H groups in total. The summed E-state index contributed by atoms with van der Waals surface area (Å²) in [5, 5.41) is 9.34. The zero-order chi connectivity index (χ0) is 16.8. The number of aryl methyl sites for hydroxylation is 2. The Morgan fingerprint density at radius 2 is 2.09 bits per heavy atom. The Morgan fingerprint density at radius 3 is 2.74 bits per heavy atom. The summed E-state index contributed by atoms with van der Waals surface area (Å²) in [6.07, 6.45) is 0. The van der Waals surface area contributed by atoms with Crippen LogP contribution in [0.5, 0.6) is 0 Å². The van der Waals surface area contributed by atoms with E-state index in [4.69, 9.17) is 4.74 Å². The van der Waals surface area contributed by atoms with Crippen LogP contribution < -0.4 is 10.6 Å². The summed E-state index contributed by atoms with van der Waals surface area (Å²) in [5.41, 5.74) is 2.78. The van der Waals surface area contributed by atoms with E-state index < -0.39 is 0 Å². The lowest BCUT2D eigenvalue weighted by Crippen LogP contribution is -2.33. The topological polar surface area (TPSA) is 85.3 Å². The number of rotatable bonds is 6. The summed E-state index contributed by atoms with van der Waals surface area (Å²) in [6.45, 7) is 2.20. The fourth-order valence-corrected chi connectivity index (χ4v) is 2.03. The molecule has 0 aliphatic rings. The van der Waals surface area contributed by atoms with Gasteiger partial charge in [0.05, 0.1) is 13.2 Å². The molecule has 0 unspecified atom stereocenters. The number of benzene rings is 1. The second kappa shape index (κ2) is 7.55. The first-order valence-electron chi connectivity index (χ1n) is 7.16. The fraction of sp³-hybridized carbons (Fsp3) is 0.312. The largest absolute Gasteiger partial charge is 0.380 e. The first-order chi connectivity index (χ1) is 11.0. The van der Waals surface area contributed by atoms with Gasteiger partial charge in [0.2, 0.25) is 5.91 Å². The minimum Gasteiger partial charge on any atom is -0.380 e. The Balaban J connectivity index is 1.87. The number of nitrogens with zero attached hydrogens (tertiary/aromatic N) is 2. The molecule has 0 spiro atoms. The van der Waals surface area contributed by atoms with Crippen molar-refractivity contribution in [3.8, 4) is 0 Å². The molecule has 1 aromatic carbocycles.